The number of nitrogens with zero attached hydrogens (tertiary/aromatic N) is 2. The van der Waals surface area contributed by atoms with Crippen LogP contribution in [0, 0.1) is 17.3 Å². The Kier molecular flexibility index (Phi) is 4.13. The Bertz CT molecular complexity index is 1110. The Morgan fingerprint density at radius 2 is 1.16 bits per heavy atom. The molecule has 8 heteroatoms. The van der Waals surface area contributed by atoms with Crippen molar-refractivity contribution in [2.24, 2.45) is 27.5 Å². The van der Waals surface area contributed by atoms with E-state index in [4.69, 9.17) is 5.11 Å². The van der Waals surface area contributed by atoms with E-state index < -0.39 is 40.0 Å². The quantitative estimate of drug-likeness (QED) is 0.334. The number of benzene rings is 2. The number of allylic oxidation sites excluding steroid dienone is 1. The minimum atomic E-state index is -4.45. The number of hydrogen-bond donors (Lipinski definition) is 0. The van der Waals surface area contributed by atoms with Gasteiger partial charge in [0.05, 0.1) is 11.1 Å². The molecule has 0 radical (unpaired) electrons. The zero-order valence-corrected chi connectivity index (χ0v) is 17.3. The van der Waals surface area contributed by atoms with Crippen LogP contribution in [0.1, 0.15) is 42.5 Å². The summed E-state index contributed by atoms with van der Waals surface area (Å²) >= 11 is 0. The molecule has 4 atom stereocenters. The average Bonchev–Trinajstić information content (AvgIpc) is 3.34. The molecule has 1 saturated carbocycles. The largest absolute Gasteiger partial charge is 0.416 e. The van der Waals surface area contributed by atoms with E-state index in [1.54, 1.807) is 0 Å². The standard InChI is InChI=1S/C24H20F6N2/c1-20(2)21(14-6-10-16(11-7-14)23(25,26)27)18-4-3-5-19(18)22(20,32-31-21)15-8-12-17(13-9-15)24(28,29)30/h3-4,6-13,18-19H,5H2,1-2H3/t18-,19+,21-,22+/m0/s1. The highest BCUT2D eigenvalue weighted by Crippen LogP contribution is 2.76. The lowest BCUT2D eigenvalue weighted by Gasteiger charge is -2.41. The van der Waals surface area contributed by atoms with Gasteiger partial charge in [-0.25, -0.2) is 0 Å². The lowest BCUT2D eigenvalue weighted by atomic mass is 9.61. The first kappa shape index (κ1) is 21.2. The zero-order chi connectivity index (χ0) is 23.2. The fourth-order valence-corrected chi connectivity index (χ4v) is 6.30. The third-order valence-corrected chi connectivity index (χ3v) is 7.76. The van der Waals surface area contributed by atoms with Gasteiger partial charge < -0.3 is 0 Å². The van der Waals surface area contributed by atoms with Crippen LogP contribution >= 0.6 is 0 Å². The summed E-state index contributed by atoms with van der Waals surface area (Å²) in [5, 5.41) is 9.38. The van der Waals surface area contributed by atoms with Crippen LogP contribution in [0.4, 0.5) is 26.3 Å². The molecular weight excluding hydrogens is 430 g/mol. The number of azo groups is 1. The van der Waals surface area contributed by atoms with E-state index in [9.17, 15) is 26.3 Å². The van der Waals surface area contributed by atoms with Gasteiger partial charge in [-0.2, -0.15) is 36.6 Å². The smallest absolute Gasteiger partial charge is 0.181 e. The van der Waals surface area contributed by atoms with Gasteiger partial charge in [0.2, 0.25) is 0 Å². The predicted octanol–water partition coefficient (Wildman–Crippen LogP) is 7.51. The highest BCUT2D eigenvalue weighted by molar-refractivity contribution is 5.48. The molecule has 0 amide bonds. The van der Waals surface area contributed by atoms with Gasteiger partial charge in [0.25, 0.3) is 0 Å². The fourth-order valence-electron chi connectivity index (χ4n) is 6.30. The van der Waals surface area contributed by atoms with Crippen LogP contribution in [0.25, 0.3) is 0 Å². The summed E-state index contributed by atoms with van der Waals surface area (Å²) in [6, 6.07) is 10.1. The van der Waals surface area contributed by atoms with Crippen molar-refractivity contribution in [3.63, 3.8) is 0 Å². The fraction of sp³-hybridized carbons (Fsp3) is 0.417. The van der Waals surface area contributed by atoms with Gasteiger partial charge in [-0.15, -0.1) is 0 Å². The maximum atomic E-state index is 13.1. The molecule has 1 fully saturated rings. The second-order valence-electron chi connectivity index (χ2n) is 9.30. The number of halogens is 6. The first-order chi connectivity index (χ1) is 14.9. The number of alkyl halides is 6. The maximum absolute atomic E-state index is 13.1. The van der Waals surface area contributed by atoms with Crippen molar-refractivity contribution in [3.8, 4) is 0 Å². The summed E-state index contributed by atoms with van der Waals surface area (Å²) in [4.78, 5) is 0. The SMILES string of the molecule is CC1(C)[C@]2(c3ccc(C(F)(F)F)cc3)N=N[C@@]1(c1ccc(C(F)(F)F)cc1)[C@H]1C=CC[C@H]12. The van der Waals surface area contributed by atoms with Crippen LogP contribution in [0.5, 0.6) is 0 Å². The molecule has 1 aliphatic heterocycles. The minimum absolute atomic E-state index is 0.0472. The maximum Gasteiger partial charge on any atom is 0.416 e. The van der Waals surface area contributed by atoms with Crippen molar-refractivity contribution in [1.82, 2.24) is 0 Å². The van der Waals surface area contributed by atoms with Gasteiger partial charge in [0.15, 0.2) is 0 Å². The number of hydrogen-bond acceptors (Lipinski definition) is 2. The lowest BCUT2D eigenvalue weighted by molar-refractivity contribution is -0.138. The second kappa shape index (κ2) is 6.23. The van der Waals surface area contributed by atoms with Crippen LogP contribution in [0.2, 0.25) is 0 Å². The summed E-state index contributed by atoms with van der Waals surface area (Å²) in [7, 11) is 0. The van der Waals surface area contributed by atoms with Crippen molar-refractivity contribution in [2.45, 2.75) is 43.7 Å². The van der Waals surface area contributed by atoms with Gasteiger partial charge >= 0.3 is 12.4 Å². The zero-order valence-electron chi connectivity index (χ0n) is 17.3. The van der Waals surface area contributed by atoms with Gasteiger partial charge in [0, 0.05) is 17.3 Å². The number of rotatable bonds is 2. The summed E-state index contributed by atoms with van der Waals surface area (Å²) < 4.78 is 78.7. The van der Waals surface area contributed by atoms with Gasteiger partial charge in [0.1, 0.15) is 11.1 Å². The Balaban J connectivity index is 1.65. The van der Waals surface area contributed by atoms with E-state index in [1.807, 2.05) is 26.0 Å². The molecule has 0 N–H and O–H groups in total. The van der Waals surface area contributed by atoms with Crippen molar-refractivity contribution < 1.29 is 26.3 Å². The normalized spacial score (nSPS) is 32.5. The van der Waals surface area contributed by atoms with Crippen molar-refractivity contribution >= 4 is 0 Å². The van der Waals surface area contributed by atoms with Crippen LogP contribution in [0.15, 0.2) is 70.9 Å². The molecule has 1 heterocycles. The number of fused-ring (bicyclic) bond motifs is 5. The molecule has 32 heavy (non-hydrogen) atoms. The van der Waals surface area contributed by atoms with Crippen LogP contribution in [-0.4, -0.2) is 0 Å². The molecule has 0 aromatic heterocycles. The highest BCUT2D eigenvalue weighted by atomic mass is 19.4. The summed E-state index contributed by atoms with van der Waals surface area (Å²) in [5.74, 6) is -0.164. The third-order valence-electron chi connectivity index (χ3n) is 7.76. The first-order valence-corrected chi connectivity index (χ1v) is 10.3. The molecule has 5 rings (SSSR count). The molecule has 0 saturated heterocycles. The molecule has 0 unspecified atom stereocenters. The topological polar surface area (TPSA) is 24.7 Å². The summed E-state index contributed by atoms with van der Waals surface area (Å²) in [5.41, 5.74) is -2.67. The van der Waals surface area contributed by atoms with Crippen molar-refractivity contribution in [1.29, 1.82) is 0 Å². The molecule has 168 valence electrons. The molecule has 2 nitrogen and oxygen atoms in total. The van der Waals surface area contributed by atoms with Gasteiger partial charge in [-0.3, -0.25) is 0 Å². The molecule has 0 spiro atoms. The lowest BCUT2D eigenvalue weighted by Crippen LogP contribution is -2.44. The Labute approximate surface area is 181 Å². The Morgan fingerprint density at radius 1 is 0.719 bits per heavy atom. The van der Waals surface area contributed by atoms with Gasteiger partial charge in [-0.05, 0) is 41.8 Å². The molecule has 2 aromatic rings. The van der Waals surface area contributed by atoms with Crippen LogP contribution in [0.3, 0.4) is 0 Å². The summed E-state index contributed by atoms with van der Waals surface area (Å²) in [6.45, 7) is 3.93. The van der Waals surface area contributed by atoms with Crippen molar-refractivity contribution in [2.75, 3.05) is 0 Å². The predicted molar refractivity (Wildman–Crippen MR) is 106 cm³/mol. The molecule has 2 aliphatic carbocycles. The third kappa shape index (κ3) is 2.43. The highest BCUT2D eigenvalue weighted by Gasteiger charge is 2.77. The van der Waals surface area contributed by atoms with Crippen LogP contribution in [-0.2, 0) is 23.4 Å². The monoisotopic (exact) mass is 450 g/mol. The van der Waals surface area contributed by atoms with Crippen LogP contribution < -0.4 is 0 Å². The molecule has 3 aliphatic rings. The Hall–Kier alpha value is -2.64. The first-order valence-electron chi connectivity index (χ1n) is 10.3. The average molecular weight is 450 g/mol. The summed E-state index contributed by atoms with van der Waals surface area (Å²) in [6.07, 6.45) is -4.17. The Morgan fingerprint density at radius 3 is 1.62 bits per heavy atom. The second-order valence-corrected chi connectivity index (χ2v) is 9.30. The van der Waals surface area contributed by atoms with E-state index in [-0.39, 0.29) is 11.8 Å². The van der Waals surface area contributed by atoms with E-state index in [2.05, 4.69) is 5.11 Å². The minimum Gasteiger partial charge on any atom is -0.181 e. The van der Waals surface area contributed by atoms with Crippen molar-refractivity contribution in [3.05, 3.63) is 82.9 Å². The van der Waals surface area contributed by atoms with E-state index in [0.717, 1.165) is 24.3 Å². The van der Waals surface area contributed by atoms with E-state index >= 15 is 0 Å². The molecular formula is C24H20F6N2. The van der Waals surface area contributed by atoms with Gasteiger partial charge in [-0.1, -0.05) is 50.3 Å². The van der Waals surface area contributed by atoms with E-state index in [0.29, 0.717) is 17.5 Å². The molecule has 2 bridgehead atoms. The van der Waals surface area contributed by atoms with E-state index in [1.165, 1.54) is 24.3 Å². The molecule has 2 aromatic carbocycles.